The number of benzene rings is 1. The molecule has 0 unspecified atom stereocenters. The molecule has 3 amide bonds. The predicted octanol–water partition coefficient (Wildman–Crippen LogP) is 3.24. The summed E-state index contributed by atoms with van der Waals surface area (Å²) in [5.41, 5.74) is 3.32. The molecule has 1 aromatic carbocycles. The van der Waals surface area contributed by atoms with E-state index in [0.29, 0.717) is 37.3 Å². The quantitative estimate of drug-likeness (QED) is 0.833. The average molecular weight is 396 g/mol. The normalized spacial score (nSPS) is 13.5. The Morgan fingerprint density at radius 1 is 1.10 bits per heavy atom. The second-order valence-electron chi connectivity index (χ2n) is 7.77. The zero-order valence-corrected chi connectivity index (χ0v) is 17.5. The highest BCUT2D eigenvalue weighted by Gasteiger charge is 2.23. The number of hydrogen-bond donors (Lipinski definition) is 2. The minimum absolute atomic E-state index is 0.0774. The molecule has 0 aliphatic carbocycles. The van der Waals surface area contributed by atoms with Gasteiger partial charge in [-0.25, -0.2) is 9.78 Å². The van der Waals surface area contributed by atoms with Gasteiger partial charge in [0, 0.05) is 51.0 Å². The molecule has 1 aliphatic heterocycles. The van der Waals surface area contributed by atoms with E-state index in [-0.39, 0.29) is 18.0 Å². The van der Waals surface area contributed by atoms with Gasteiger partial charge in [0.2, 0.25) is 0 Å². The van der Waals surface area contributed by atoms with Crippen molar-refractivity contribution in [1.82, 2.24) is 14.8 Å². The summed E-state index contributed by atoms with van der Waals surface area (Å²) in [4.78, 5) is 33.5. The smallest absolute Gasteiger partial charge is 0.321 e. The van der Waals surface area contributed by atoms with Crippen LogP contribution in [0.1, 0.15) is 35.5 Å². The van der Waals surface area contributed by atoms with E-state index < -0.39 is 0 Å². The Labute approximate surface area is 172 Å². The fourth-order valence-corrected chi connectivity index (χ4v) is 3.35. The van der Waals surface area contributed by atoms with E-state index in [4.69, 9.17) is 4.98 Å². The summed E-state index contributed by atoms with van der Waals surface area (Å²) < 4.78 is 0. The Hall–Kier alpha value is -3.09. The van der Waals surface area contributed by atoms with Crippen LogP contribution < -0.4 is 10.6 Å². The van der Waals surface area contributed by atoms with Gasteiger partial charge in [0.15, 0.2) is 0 Å². The lowest BCUT2D eigenvalue weighted by Gasteiger charge is -2.20. The lowest BCUT2D eigenvalue weighted by molar-refractivity contribution is 0.0828. The molecule has 0 fully saturated rings. The van der Waals surface area contributed by atoms with Crippen LogP contribution in [-0.4, -0.2) is 59.9 Å². The van der Waals surface area contributed by atoms with Gasteiger partial charge in [0.05, 0.1) is 5.56 Å². The maximum atomic E-state index is 12.7. The number of carbonyl (C=O) groups excluding carboxylic acids is 2. The van der Waals surface area contributed by atoms with E-state index in [0.717, 1.165) is 16.9 Å². The SMILES string of the molecule is CC(C)Nc1nc2c(cc1C(=O)N(C)C)CCN(C(=O)Nc1ccccc1)CC2. The Morgan fingerprint density at radius 3 is 2.45 bits per heavy atom. The van der Waals surface area contributed by atoms with Crippen molar-refractivity contribution in [1.29, 1.82) is 0 Å². The number of nitrogens with zero attached hydrogens (tertiary/aromatic N) is 3. The van der Waals surface area contributed by atoms with Gasteiger partial charge >= 0.3 is 6.03 Å². The number of rotatable bonds is 4. The van der Waals surface area contributed by atoms with Gasteiger partial charge < -0.3 is 20.4 Å². The number of anilines is 2. The lowest BCUT2D eigenvalue weighted by Crippen LogP contribution is -2.36. The van der Waals surface area contributed by atoms with Gasteiger partial charge in [-0.05, 0) is 44.0 Å². The van der Waals surface area contributed by atoms with Gasteiger partial charge in [0.1, 0.15) is 5.82 Å². The second-order valence-corrected chi connectivity index (χ2v) is 7.77. The molecule has 3 rings (SSSR count). The highest BCUT2D eigenvalue weighted by Crippen LogP contribution is 2.23. The number of nitrogens with one attached hydrogen (secondary N) is 2. The van der Waals surface area contributed by atoms with Crippen molar-refractivity contribution in [3.05, 3.63) is 53.2 Å². The van der Waals surface area contributed by atoms with Crippen molar-refractivity contribution in [2.45, 2.75) is 32.7 Å². The molecule has 0 bridgehead atoms. The third-order valence-electron chi connectivity index (χ3n) is 4.83. The van der Waals surface area contributed by atoms with Crippen LogP contribution in [0.2, 0.25) is 0 Å². The second kappa shape index (κ2) is 8.94. The fourth-order valence-electron chi connectivity index (χ4n) is 3.35. The molecule has 0 atom stereocenters. The van der Waals surface area contributed by atoms with Crippen LogP contribution in [0.4, 0.5) is 16.3 Å². The van der Waals surface area contributed by atoms with Crippen molar-refractivity contribution < 1.29 is 9.59 Å². The number of urea groups is 1. The van der Waals surface area contributed by atoms with Crippen LogP contribution in [0.3, 0.4) is 0 Å². The van der Waals surface area contributed by atoms with Crippen LogP contribution in [-0.2, 0) is 12.8 Å². The number of hydrogen-bond acceptors (Lipinski definition) is 4. The highest BCUT2D eigenvalue weighted by molar-refractivity contribution is 5.98. The van der Waals surface area contributed by atoms with E-state index in [9.17, 15) is 9.59 Å². The first-order valence-electron chi connectivity index (χ1n) is 9.97. The summed E-state index contributed by atoms with van der Waals surface area (Å²) in [6.07, 6.45) is 1.32. The van der Waals surface area contributed by atoms with E-state index in [1.165, 1.54) is 0 Å². The van der Waals surface area contributed by atoms with Gasteiger partial charge in [-0.3, -0.25) is 4.79 Å². The molecule has 2 heterocycles. The molecule has 1 aliphatic rings. The first-order chi connectivity index (χ1) is 13.8. The molecule has 0 spiro atoms. The zero-order valence-electron chi connectivity index (χ0n) is 17.5. The van der Waals surface area contributed by atoms with Crippen molar-refractivity contribution in [2.75, 3.05) is 37.8 Å². The monoisotopic (exact) mass is 395 g/mol. The van der Waals surface area contributed by atoms with E-state index in [2.05, 4.69) is 10.6 Å². The van der Waals surface area contributed by atoms with Crippen molar-refractivity contribution in [3.63, 3.8) is 0 Å². The Morgan fingerprint density at radius 2 is 1.79 bits per heavy atom. The van der Waals surface area contributed by atoms with E-state index >= 15 is 0 Å². The Bertz CT molecular complexity index is 880. The van der Waals surface area contributed by atoms with Crippen LogP contribution in [0, 0.1) is 0 Å². The predicted molar refractivity (Wildman–Crippen MR) is 115 cm³/mol. The van der Waals surface area contributed by atoms with Crippen LogP contribution in [0.25, 0.3) is 0 Å². The Balaban J connectivity index is 1.80. The summed E-state index contributed by atoms with van der Waals surface area (Å²) in [5.74, 6) is 0.533. The van der Waals surface area contributed by atoms with Gasteiger partial charge in [-0.2, -0.15) is 0 Å². The summed E-state index contributed by atoms with van der Waals surface area (Å²) in [6, 6.07) is 11.4. The first-order valence-corrected chi connectivity index (χ1v) is 9.97. The van der Waals surface area contributed by atoms with Crippen molar-refractivity contribution in [2.24, 2.45) is 0 Å². The largest absolute Gasteiger partial charge is 0.367 e. The minimum atomic E-state index is -0.117. The standard InChI is InChI=1S/C22H29N5O2/c1-15(2)23-20-18(21(28)26(3)4)14-16-10-12-27(13-11-19(16)25-20)22(29)24-17-8-6-5-7-9-17/h5-9,14-15H,10-13H2,1-4H3,(H,23,25)(H,24,29). The summed E-state index contributed by atoms with van der Waals surface area (Å²) in [5, 5.41) is 6.24. The fraction of sp³-hybridized carbons (Fsp3) is 0.409. The van der Waals surface area contributed by atoms with E-state index in [1.54, 1.807) is 23.9 Å². The third kappa shape index (κ3) is 5.04. The number of aromatic nitrogens is 1. The molecular formula is C22H29N5O2. The molecule has 29 heavy (non-hydrogen) atoms. The number of amides is 3. The lowest BCUT2D eigenvalue weighted by atomic mass is 10.0. The number of para-hydroxylation sites is 1. The summed E-state index contributed by atoms with van der Waals surface area (Å²) in [6.45, 7) is 5.21. The van der Waals surface area contributed by atoms with Crippen LogP contribution >= 0.6 is 0 Å². The summed E-state index contributed by atoms with van der Waals surface area (Å²) in [7, 11) is 3.48. The maximum absolute atomic E-state index is 12.7. The average Bonchev–Trinajstić information content (AvgIpc) is 2.89. The zero-order chi connectivity index (χ0) is 21.0. The van der Waals surface area contributed by atoms with Crippen molar-refractivity contribution >= 4 is 23.4 Å². The van der Waals surface area contributed by atoms with Crippen LogP contribution in [0.15, 0.2) is 36.4 Å². The molecular weight excluding hydrogens is 366 g/mol. The molecule has 1 aromatic heterocycles. The number of fused-ring (bicyclic) bond motifs is 1. The highest BCUT2D eigenvalue weighted by atomic mass is 16.2. The minimum Gasteiger partial charge on any atom is -0.367 e. The molecule has 7 heteroatoms. The molecule has 154 valence electrons. The number of carbonyl (C=O) groups is 2. The van der Waals surface area contributed by atoms with Gasteiger partial charge in [-0.15, -0.1) is 0 Å². The molecule has 2 N–H and O–H groups in total. The van der Waals surface area contributed by atoms with Gasteiger partial charge in [-0.1, -0.05) is 18.2 Å². The maximum Gasteiger partial charge on any atom is 0.321 e. The van der Waals surface area contributed by atoms with Gasteiger partial charge in [0.25, 0.3) is 5.91 Å². The molecule has 0 radical (unpaired) electrons. The van der Waals surface area contributed by atoms with Crippen LogP contribution in [0.5, 0.6) is 0 Å². The third-order valence-corrected chi connectivity index (χ3v) is 4.83. The van der Waals surface area contributed by atoms with Crippen molar-refractivity contribution in [3.8, 4) is 0 Å². The number of pyridine rings is 1. The molecule has 7 nitrogen and oxygen atoms in total. The molecule has 2 aromatic rings. The summed E-state index contributed by atoms with van der Waals surface area (Å²) >= 11 is 0. The topological polar surface area (TPSA) is 77.6 Å². The van der Waals surface area contributed by atoms with E-state index in [1.807, 2.05) is 50.2 Å². The first kappa shape index (κ1) is 20.6. The Kier molecular flexibility index (Phi) is 6.36. The molecule has 0 saturated carbocycles. The molecule has 0 saturated heterocycles.